The lowest BCUT2D eigenvalue weighted by atomic mass is 9.87. The number of nitrogens with zero attached hydrogens (tertiary/aromatic N) is 2. The van der Waals surface area contributed by atoms with E-state index >= 15 is 0 Å². The first-order chi connectivity index (χ1) is 23.3. The van der Waals surface area contributed by atoms with Crippen LogP contribution in [0, 0.1) is 0 Å². The molecule has 2 aromatic heterocycles. The lowest BCUT2D eigenvalue weighted by Gasteiger charge is -2.18. The highest BCUT2D eigenvalue weighted by Crippen LogP contribution is 2.44. The normalized spacial score (nSPS) is 16.7. The lowest BCUT2D eigenvalue weighted by molar-refractivity contribution is 0.269. The summed E-state index contributed by atoms with van der Waals surface area (Å²) in [6.45, 7) is 0. The third-order valence-electron chi connectivity index (χ3n) is 9.57. The summed E-state index contributed by atoms with van der Waals surface area (Å²) in [7, 11) is 0. The Morgan fingerprint density at radius 3 is 2.15 bits per heavy atom. The predicted molar refractivity (Wildman–Crippen MR) is 190 cm³/mol. The van der Waals surface area contributed by atoms with Crippen LogP contribution in [0.25, 0.3) is 66.7 Å². The standard InChI is InChI=1S/C43H28N2O2/c1-2-8-28(9-3-1)43-44-37-11-5-6-12-38(37)45(43)32-19-14-27(15-20-32)29-16-21-41-35(24-29)36-26-31(18-23-42(36)47-41)30-17-22-40-34(25-30)33-10-4-7-13-39(33)46-40/h1-26,34,40H. The number of fused-ring (bicyclic) bond motifs is 7. The van der Waals surface area contributed by atoms with E-state index in [-0.39, 0.29) is 12.0 Å². The van der Waals surface area contributed by atoms with Crippen LogP contribution in [0.3, 0.4) is 0 Å². The fourth-order valence-corrected chi connectivity index (χ4v) is 7.25. The van der Waals surface area contributed by atoms with E-state index in [1.807, 2.05) is 18.2 Å². The van der Waals surface area contributed by atoms with E-state index < -0.39 is 0 Å². The minimum absolute atomic E-state index is 0.0565. The van der Waals surface area contributed by atoms with Crippen molar-refractivity contribution >= 4 is 38.5 Å². The average Bonchev–Trinajstić information content (AvgIpc) is 3.82. The fraction of sp³-hybridized carbons (Fsp3) is 0.0465. The lowest BCUT2D eigenvalue weighted by Crippen LogP contribution is -2.16. The molecule has 8 aromatic rings. The predicted octanol–water partition coefficient (Wildman–Crippen LogP) is 10.8. The Labute approximate surface area is 271 Å². The van der Waals surface area contributed by atoms with Gasteiger partial charge in [-0.15, -0.1) is 0 Å². The zero-order chi connectivity index (χ0) is 30.9. The van der Waals surface area contributed by atoms with Gasteiger partial charge < -0.3 is 9.15 Å². The number of furan rings is 1. The molecule has 2 aliphatic rings. The number of hydrogen-bond donors (Lipinski definition) is 0. The van der Waals surface area contributed by atoms with Crippen molar-refractivity contribution in [2.24, 2.45) is 0 Å². The molecule has 1 aliphatic heterocycles. The van der Waals surface area contributed by atoms with Gasteiger partial charge in [0.1, 0.15) is 28.8 Å². The van der Waals surface area contributed by atoms with E-state index in [0.29, 0.717) is 0 Å². The van der Waals surface area contributed by atoms with Gasteiger partial charge in [0.2, 0.25) is 0 Å². The molecule has 0 amide bonds. The summed E-state index contributed by atoms with van der Waals surface area (Å²) in [5.41, 5.74) is 11.9. The summed E-state index contributed by atoms with van der Waals surface area (Å²) in [5.74, 6) is 2.14. The Morgan fingerprint density at radius 1 is 0.596 bits per heavy atom. The van der Waals surface area contributed by atoms with Crippen LogP contribution in [0.5, 0.6) is 5.75 Å². The second-order valence-corrected chi connectivity index (χ2v) is 12.3. The van der Waals surface area contributed by atoms with Crippen molar-refractivity contribution in [3.63, 3.8) is 0 Å². The SMILES string of the molecule is C1=CC2Oc3ccccc3C2C=C1c1ccc2oc3ccc(-c4ccc(-n5c(-c6ccccc6)nc6ccccc65)cc4)cc3c2c1. The minimum Gasteiger partial charge on any atom is -0.485 e. The molecule has 10 rings (SSSR count). The number of ether oxygens (including phenoxy) is 1. The third-order valence-corrected chi connectivity index (χ3v) is 9.57. The fourth-order valence-electron chi connectivity index (χ4n) is 7.25. The van der Waals surface area contributed by atoms with Gasteiger partial charge in [0.05, 0.1) is 11.0 Å². The van der Waals surface area contributed by atoms with E-state index in [4.69, 9.17) is 14.1 Å². The second-order valence-electron chi connectivity index (χ2n) is 12.3. The zero-order valence-electron chi connectivity index (χ0n) is 25.4. The van der Waals surface area contributed by atoms with Gasteiger partial charge in [-0.2, -0.15) is 0 Å². The Hall–Kier alpha value is -6.13. The molecule has 0 saturated carbocycles. The van der Waals surface area contributed by atoms with Gasteiger partial charge in [-0.25, -0.2) is 4.98 Å². The maximum Gasteiger partial charge on any atom is 0.145 e. The van der Waals surface area contributed by atoms with Gasteiger partial charge in [0.15, 0.2) is 0 Å². The van der Waals surface area contributed by atoms with Gasteiger partial charge in [-0.3, -0.25) is 4.57 Å². The first kappa shape index (κ1) is 26.1. The number of rotatable bonds is 4. The van der Waals surface area contributed by atoms with Crippen molar-refractivity contribution in [1.82, 2.24) is 9.55 Å². The van der Waals surface area contributed by atoms with Crippen LogP contribution in [0.1, 0.15) is 17.0 Å². The van der Waals surface area contributed by atoms with Crippen LogP contribution in [0.2, 0.25) is 0 Å². The molecular formula is C43H28N2O2. The van der Waals surface area contributed by atoms with Crippen molar-refractivity contribution < 1.29 is 9.15 Å². The maximum atomic E-state index is 6.30. The molecule has 1 aliphatic carbocycles. The van der Waals surface area contributed by atoms with Crippen molar-refractivity contribution in [3.8, 4) is 34.0 Å². The summed E-state index contributed by atoms with van der Waals surface area (Å²) in [6, 6.07) is 48.8. The third kappa shape index (κ3) is 4.19. The number of imidazole rings is 1. The van der Waals surface area contributed by atoms with Gasteiger partial charge in [0, 0.05) is 33.5 Å². The molecule has 3 heterocycles. The van der Waals surface area contributed by atoms with Crippen molar-refractivity contribution in [2.75, 3.05) is 0 Å². The number of para-hydroxylation sites is 3. The van der Waals surface area contributed by atoms with Gasteiger partial charge >= 0.3 is 0 Å². The van der Waals surface area contributed by atoms with E-state index in [1.54, 1.807) is 0 Å². The van der Waals surface area contributed by atoms with Crippen LogP contribution < -0.4 is 4.74 Å². The van der Waals surface area contributed by atoms with Crippen molar-refractivity contribution in [2.45, 2.75) is 12.0 Å². The molecule has 0 N–H and O–H groups in total. The second kappa shape index (κ2) is 10.2. The smallest absolute Gasteiger partial charge is 0.145 e. The highest BCUT2D eigenvalue weighted by atomic mass is 16.5. The highest BCUT2D eigenvalue weighted by molar-refractivity contribution is 6.07. The van der Waals surface area contributed by atoms with Gasteiger partial charge in [-0.05, 0) is 82.9 Å². The maximum absolute atomic E-state index is 6.30. The average molecular weight is 605 g/mol. The first-order valence-corrected chi connectivity index (χ1v) is 16.0. The Bertz CT molecular complexity index is 2550. The molecule has 222 valence electrons. The molecule has 47 heavy (non-hydrogen) atoms. The Morgan fingerprint density at radius 2 is 1.30 bits per heavy atom. The highest BCUT2D eigenvalue weighted by Gasteiger charge is 2.33. The topological polar surface area (TPSA) is 40.2 Å². The summed E-state index contributed by atoms with van der Waals surface area (Å²) >= 11 is 0. The van der Waals surface area contributed by atoms with Crippen LogP contribution in [-0.4, -0.2) is 15.7 Å². The minimum atomic E-state index is 0.0565. The number of aromatic nitrogens is 2. The molecule has 4 nitrogen and oxygen atoms in total. The Balaban J connectivity index is 1.02. The zero-order valence-corrected chi connectivity index (χ0v) is 25.4. The number of benzene rings is 6. The summed E-state index contributed by atoms with van der Waals surface area (Å²) < 4.78 is 14.7. The first-order valence-electron chi connectivity index (χ1n) is 16.0. The molecule has 0 fully saturated rings. The summed E-state index contributed by atoms with van der Waals surface area (Å²) in [6.07, 6.45) is 6.78. The number of hydrogen-bond acceptors (Lipinski definition) is 3. The molecule has 6 aromatic carbocycles. The molecule has 4 heteroatoms. The Kier molecular flexibility index (Phi) is 5.67. The van der Waals surface area contributed by atoms with Gasteiger partial charge in [0.25, 0.3) is 0 Å². The monoisotopic (exact) mass is 604 g/mol. The molecule has 0 bridgehead atoms. The molecule has 0 radical (unpaired) electrons. The molecule has 2 unspecified atom stereocenters. The number of allylic oxidation sites excluding steroid dienone is 2. The molecule has 0 spiro atoms. The van der Waals surface area contributed by atoms with Crippen LogP contribution in [0.15, 0.2) is 162 Å². The summed E-state index contributed by atoms with van der Waals surface area (Å²) in [5, 5.41) is 2.23. The van der Waals surface area contributed by atoms with Gasteiger partial charge in [-0.1, -0.05) is 97.1 Å². The van der Waals surface area contributed by atoms with Crippen molar-refractivity contribution in [1.29, 1.82) is 0 Å². The quantitative estimate of drug-likeness (QED) is 0.201. The summed E-state index contributed by atoms with van der Waals surface area (Å²) in [4.78, 5) is 5.00. The van der Waals surface area contributed by atoms with Crippen LogP contribution in [-0.2, 0) is 0 Å². The molecule has 2 atom stereocenters. The van der Waals surface area contributed by atoms with Crippen LogP contribution >= 0.6 is 0 Å². The van der Waals surface area contributed by atoms with E-state index in [1.165, 1.54) is 16.7 Å². The van der Waals surface area contributed by atoms with Crippen LogP contribution in [0.4, 0.5) is 0 Å². The van der Waals surface area contributed by atoms with E-state index in [2.05, 4.69) is 144 Å². The molecular weight excluding hydrogens is 576 g/mol. The van der Waals surface area contributed by atoms with E-state index in [0.717, 1.165) is 66.9 Å². The van der Waals surface area contributed by atoms with E-state index in [9.17, 15) is 0 Å². The van der Waals surface area contributed by atoms with Crippen molar-refractivity contribution in [3.05, 3.63) is 169 Å². The molecule has 0 saturated heterocycles. The largest absolute Gasteiger partial charge is 0.485 e.